The number of nitrogens with one attached hydrogen (secondary N) is 1. The van der Waals surface area contributed by atoms with Crippen LogP contribution in [-0.2, 0) is 9.84 Å². The average Bonchev–Trinajstić information content (AvgIpc) is 2.37. The van der Waals surface area contributed by atoms with Crippen molar-refractivity contribution in [2.45, 2.75) is 38.5 Å². The summed E-state index contributed by atoms with van der Waals surface area (Å²) in [6, 6.07) is 7.10. The van der Waals surface area contributed by atoms with Gasteiger partial charge in [0.1, 0.15) is 0 Å². The lowest BCUT2D eigenvalue weighted by Crippen LogP contribution is -2.26. The molecule has 0 amide bonds. The highest BCUT2D eigenvalue weighted by molar-refractivity contribution is 7.91. The number of rotatable bonds is 8. The molecule has 0 aliphatic rings. The summed E-state index contributed by atoms with van der Waals surface area (Å²) < 4.78 is 24.5. The van der Waals surface area contributed by atoms with Crippen molar-refractivity contribution < 1.29 is 8.42 Å². The van der Waals surface area contributed by atoms with Gasteiger partial charge >= 0.3 is 0 Å². The Bertz CT molecular complexity index is 524. The third-order valence-corrected chi connectivity index (χ3v) is 5.25. The SMILES string of the molecule is CCCS(=O)(=O)c1ccccc1NCC(C)(C)CCN. The fourth-order valence-electron chi connectivity index (χ4n) is 2.08. The predicted molar refractivity (Wildman–Crippen MR) is 84.7 cm³/mol. The first-order chi connectivity index (χ1) is 9.32. The Morgan fingerprint density at radius 1 is 1.25 bits per heavy atom. The number of hydrogen-bond acceptors (Lipinski definition) is 4. The van der Waals surface area contributed by atoms with Gasteiger partial charge in [-0.25, -0.2) is 8.42 Å². The first-order valence-electron chi connectivity index (χ1n) is 7.08. The van der Waals surface area contributed by atoms with Crippen molar-refractivity contribution in [1.82, 2.24) is 0 Å². The molecule has 0 saturated carbocycles. The highest BCUT2D eigenvalue weighted by Gasteiger charge is 2.20. The molecule has 0 fully saturated rings. The van der Waals surface area contributed by atoms with E-state index in [1.54, 1.807) is 12.1 Å². The van der Waals surface area contributed by atoms with Gasteiger partial charge in [-0.1, -0.05) is 32.9 Å². The van der Waals surface area contributed by atoms with Crippen molar-refractivity contribution in [3.63, 3.8) is 0 Å². The van der Waals surface area contributed by atoms with Gasteiger partial charge in [0.25, 0.3) is 0 Å². The second-order valence-corrected chi connectivity index (χ2v) is 7.95. The van der Waals surface area contributed by atoms with E-state index < -0.39 is 9.84 Å². The van der Waals surface area contributed by atoms with Crippen molar-refractivity contribution in [2.75, 3.05) is 24.2 Å². The molecule has 0 aromatic heterocycles. The first kappa shape index (κ1) is 17.0. The fourth-order valence-corrected chi connectivity index (χ4v) is 3.59. The average molecular weight is 298 g/mol. The van der Waals surface area contributed by atoms with Gasteiger partial charge in [-0.2, -0.15) is 0 Å². The molecule has 3 N–H and O–H groups in total. The van der Waals surface area contributed by atoms with Crippen LogP contribution in [0.1, 0.15) is 33.6 Å². The van der Waals surface area contributed by atoms with Crippen LogP contribution in [0.4, 0.5) is 5.69 Å². The minimum absolute atomic E-state index is 0.0381. The fraction of sp³-hybridized carbons (Fsp3) is 0.600. The van der Waals surface area contributed by atoms with E-state index in [2.05, 4.69) is 19.2 Å². The Morgan fingerprint density at radius 2 is 1.90 bits per heavy atom. The second-order valence-electron chi connectivity index (χ2n) is 5.87. The van der Waals surface area contributed by atoms with Gasteiger partial charge in [0, 0.05) is 6.54 Å². The summed E-state index contributed by atoms with van der Waals surface area (Å²) in [6.07, 6.45) is 1.51. The minimum Gasteiger partial charge on any atom is -0.383 e. The standard InChI is InChI=1S/C15H26N2O2S/c1-4-11-20(18,19)14-8-6-5-7-13(14)17-12-15(2,3)9-10-16/h5-8,17H,4,9-12,16H2,1-3H3. The molecule has 0 atom stereocenters. The molecule has 4 nitrogen and oxygen atoms in total. The molecule has 1 aromatic rings. The lowest BCUT2D eigenvalue weighted by atomic mass is 9.89. The number of benzene rings is 1. The molecule has 114 valence electrons. The molecule has 0 aliphatic carbocycles. The molecule has 1 aromatic carbocycles. The summed E-state index contributed by atoms with van der Waals surface area (Å²) in [5, 5.41) is 3.27. The lowest BCUT2D eigenvalue weighted by Gasteiger charge is -2.25. The third-order valence-electron chi connectivity index (χ3n) is 3.27. The summed E-state index contributed by atoms with van der Waals surface area (Å²) in [7, 11) is -3.21. The molecule has 0 bridgehead atoms. The van der Waals surface area contributed by atoms with E-state index >= 15 is 0 Å². The zero-order valence-electron chi connectivity index (χ0n) is 12.6. The van der Waals surface area contributed by atoms with Gasteiger partial charge in [0.2, 0.25) is 0 Å². The smallest absolute Gasteiger partial charge is 0.180 e. The zero-order valence-corrected chi connectivity index (χ0v) is 13.5. The third kappa shape index (κ3) is 4.80. The van der Waals surface area contributed by atoms with Crippen LogP contribution < -0.4 is 11.1 Å². The highest BCUT2D eigenvalue weighted by Crippen LogP contribution is 2.25. The maximum absolute atomic E-state index is 12.2. The molecular weight excluding hydrogens is 272 g/mol. The molecule has 1 rings (SSSR count). The predicted octanol–water partition coefficient (Wildman–Crippen LogP) is 2.66. The summed E-state index contributed by atoms with van der Waals surface area (Å²) in [6.45, 7) is 7.44. The van der Waals surface area contributed by atoms with Crippen LogP contribution in [0.3, 0.4) is 0 Å². The van der Waals surface area contributed by atoms with Crippen molar-refractivity contribution in [3.05, 3.63) is 24.3 Å². The molecule has 0 unspecified atom stereocenters. The van der Waals surface area contributed by atoms with Crippen LogP contribution in [-0.4, -0.2) is 27.3 Å². The largest absolute Gasteiger partial charge is 0.383 e. The number of hydrogen-bond donors (Lipinski definition) is 2. The van der Waals surface area contributed by atoms with Crippen LogP contribution in [0.2, 0.25) is 0 Å². The van der Waals surface area contributed by atoms with Gasteiger partial charge in [0.15, 0.2) is 9.84 Å². The molecule has 0 aliphatic heterocycles. The Balaban J connectivity index is 2.92. The Hall–Kier alpha value is -1.07. The zero-order chi connectivity index (χ0) is 15.2. The topological polar surface area (TPSA) is 72.2 Å². The van der Waals surface area contributed by atoms with Gasteiger partial charge in [-0.15, -0.1) is 0 Å². The summed E-state index contributed by atoms with van der Waals surface area (Å²) in [5.74, 6) is 0.178. The van der Waals surface area contributed by atoms with Gasteiger partial charge in [-0.3, -0.25) is 0 Å². The molecule has 0 radical (unpaired) electrons. The monoisotopic (exact) mass is 298 g/mol. The second kappa shape index (κ2) is 7.09. The number of anilines is 1. The van der Waals surface area contributed by atoms with Crippen molar-refractivity contribution in [3.8, 4) is 0 Å². The van der Waals surface area contributed by atoms with Gasteiger partial charge in [-0.05, 0) is 36.9 Å². The summed E-state index contributed by atoms with van der Waals surface area (Å²) in [4.78, 5) is 0.394. The van der Waals surface area contributed by atoms with E-state index in [-0.39, 0.29) is 11.2 Å². The van der Waals surface area contributed by atoms with Crippen LogP contribution in [0.5, 0.6) is 0 Å². The lowest BCUT2D eigenvalue weighted by molar-refractivity contribution is 0.365. The normalized spacial score (nSPS) is 12.4. The molecule has 0 spiro atoms. The molecule has 0 saturated heterocycles. The van der Waals surface area contributed by atoms with Crippen LogP contribution in [0.15, 0.2) is 29.2 Å². The maximum atomic E-state index is 12.2. The van der Waals surface area contributed by atoms with E-state index in [1.165, 1.54) is 0 Å². The van der Waals surface area contributed by atoms with Crippen molar-refractivity contribution in [1.29, 1.82) is 0 Å². The highest BCUT2D eigenvalue weighted by atomic mass is 32.2. The summed E-state index contributed by atoms with van der Waals surface area (Å²) >= 11 is 0. The van der Waals surface area contributed by atoms with Crippen molar-refractivity contribution >= 4 is 15.5 Å². The minimum atomic E-state index is -3.21. The van der Waals surface area contributed by atoms with Crippen LogP contribution in [0, 0.1) is 5.41 Å². The van der Waals surface area contributed by atoms with E-state index in [0.29, 0.717) is 30.1 Å². The van der Waals surface area contributed by atoms with Crippen LogP contribution >= 0.6 is 0 Å². The Labute approximate surface area is 122 Å². The summed E-state index contributed by atoms with van der Waals surface area (Å²) in [5.41, 5.74) is 6.32. The molecule has 0 heterocycles. The van der Waals surface area contributed by atoms with E-state index in [0.717, 1.165) is 6.42 Å². The van der Waals surface area contributed by atoms with E-state index in [9.17, 15) is 8.42 Å². The van der Waals surface area contributed by atoms with Crippen LogP contribution in [0.25, 0.3) is 0 Å². The van der Waals surface area contributed by atoms with E-state index in [4.69, 9.17) is 5.73 Å². The molecule has 5 heteroatoms. The van der Waals surface area contributed by atoms with Gasteiger partial charge in [0.05, 0.1) is 16.3 Å². The van der Waals surface area contributed by atoms with E-state index in [1.807, 2.05) is 19.1 Å². The molecule has 20 heavy (non-hydrogen) atoms. The Kier molecular flexibility index (Phi) is 6.02. The quantitative estimate of drug-likeness (QED) is 0.774. The first-order valence-corrected chi connectivity index (χ1v) is 8.73. The number of sulfone groups is 1. The number of para-hydroxylation sites is 1. The van der Waals surface area contributed by atoms with Crippen molar-refractivity contribution in [2.24, 2.45) is 11.1 Å². The Morgan fingerprint density at radius 3 is 2.50 bits per heavy atom. The number of nitrogens with two attached hydrogens (primary N) is 1. The van der Waals surface area contributed by atoms with Gasteiger partial charge < -0.3 is 11.1 Å². The molecular formula is C15H26N2O2S. The maximum Gasteiger partial charge on any atom is 0.180 e.